The van der Waals surface area contributed by atoms with Gasteiger partial charge in [0.2, 0.25) is 5.91 Å². The Morgan fingerprint density at radius 1 is 1.50 bits per heavy atom. The van der Waals surface area contributed by atoms with Gasteiger partial charge < -0.3 is 5.32 Å². The molecule has 4 nitrogen and oxygen atoms in total. The van der Waals surface area contributed by atoms with Crippen molar-refractivity contribution in [3.8, 4) is 0 Å². The van der Waals surface area contributed by atoms with Crippen molar-refractivity contribution in [2.45, 2.75) is 19.8 Å². The fourth-order valence-corrected chi connectivity index (χ4v) is 1.93. The van der Waals surface area contributed by atoms with E-state index in [1.807, 2.05) is 19.1 Å². The zero-order valence-corrected chi connectivity index (χ0v) is 9.57. The second-order valence-electron chi connectivity index (χ2n) is 4.25. The van der Waals surface area contributed by atoms with Gasteiger partial charge in [-0.2, -0.15) is 0 Å². The Kier molecular flexibility index (Phi) is 3.51. The predicted octanol–water partition coefficient (Wildman–Crippen LogP) is 1.42. The van der Waals surface area contributed by atoms with Gasteiger partial charge >= 0.3 is 0 Å². The molecule has 16 heavy (non-hydrogen) atoms. The number of anilines is 1. The lowest BCUT2D eigenvalue weighted by atomic mass is 10.3. The molecule has 2 rings (SSSR count). The van der Waals surface area contributed by atoms with Crippen LogP contribution >= 0.6 is 0 Å². The average Bonchev–Trinajstić information content (AvgIpc) is 2.70. The highest BCUT2D eigenvalue weighted by Gasteiger charge is 2.15. The summed E-state index contributed by atoms with van der Waals surface area (Å²) in [6, 6.07) is 3.79. The Morgan fingerprint density at radius 3 is 2.94 bits per heavy atom. The van der Waals surface area contributed by atoms with E-state index in [1.54, 1.807) is 6.20 Å². The van der Waals surface area contributed by atoms with Crippen LogP contribution < -0.4 is 5.32 Å². The minimum atomic E-state index is 0.0278. The molecule has 0 radical (unpaired) electrons. The quantitative estimate of drug-likeness (QED) is 0.836. The molecule has 0 aromatic carbocycles. The summed E-state index contributed by atoms with van der Waals surface area (Å²) in [7, 11) is 0. The number of nitrogens with one attached hydrogen (secondary N) is 1. The monoisotopic (exact) mass is 219 g/mol. The van der Waals surface area contributed by atoms with E-state index in [-0.39, 0.29) is 5.91 Å². The molecule has 1 aromatic heterocycles. The lowest BCUT2D eigenvalue weighted by molar-refractivity contribution is -0.117. The standard InChI is InChI=1S/C12H17N3O/c1-10-4-5-13-11(8-10)14-12(16)9-15-6-2-3-7-15/h4-5,8H,2-3,6-7,9H2,1H3,(H,13,14,16). The van der Waals surface area contributed by atoms with Crippen LogP contribution in [0.1, 0.15) is 18.4 Å². The smallest absolute Gasteiger partial charge is 0.239 e. The van der Waals surface area contributed by atoms with E-state index >= 15 is 0 Å². The maximum absolute atomic E-state index is 11.7. The molecule has 0 bridgehead atoms. The van der Waals surface area contributed by atoms with Crippen molar-refractivity contribution in [3.05, 3.63) is 23.9 Å². The SMILES string of the molecule is Cc1ccnc(NC(=O)CN2CCCC2)c1. The first-order chi connectivity index (χ1) is 7.74. The van der Waals surface area contributed by atoms with Gasteiger partial charge in [-0.3, -0.25) is 9.69 Å². The molecule has 1 N–H and O–H groups in total. The molecule has 1 aliphatic heterocycles. The molecule has 1 fully saturated rings. The third-order valence-electron chi connectivity index (χ3n) is 2.75. The van der Waals surface area contributed by atoms with Crippen molar-refractivity contribution in [2.24, 2.45) is 0 Å². The van der Waals surface area contributed by atoms with Gasteiger partial charge in [0.1, 0.15) is 5.82 Å². The molecule has 2 heterocycles. The van der Waals surface area contributed by atoms with Gasteiger partial charge in [0.15, 0.2) is 0 Å². The molecular formula is C12H17N3O. The van der Waals surface area contributed by atoms with E-state index in [9.17, 15) is 4.79 Å². The summed E-state index contributed by atoms with van der Waals surface area (Å²) in [6.07, 6.45) is 4.12. The number of hydrogen-bond acceptors (Lipinski definition) is 3. The van der Waals surface area contributed by atoms with Crippen LogP contribution in [0.4, 0.5) is 5.82 Å². The molecule has 4 heteroatoms. The highest BCUT2D eigenvalue weighted by Crippen LogP contribution is 2.08. The van der Waals surface area contributed by atoms with Crippen molar-refractivity contribution in [1.29, 1.82) is 0 Å². The Labute approximate surface area is 95.7 Å². The zero-order chi connectivity index (χ0) is 11.4. The van der Waals surface area contributed by atoms with Crippen LogP contribution in [0.3, 0.4) is 0 Å². The van der Waals surface area contributed by atoms with E-state index in [2.05, 4.69) is 15.2 Å². The lowest BCUT2D eigenvalue weighted by Gasteiger charge is -2.13. The first-order valence-corrected chi connectivity index (χ1v) is 5.69. The number of amides is 1. The molecule has 1 saturated heterocycles. The van der Waals surface area contributed by atoms with Crippen molar-refractivity contribution in [2.75, 3.05) is 25.0 Å². The zero-order valence-electron chi connectivity index (χ0n) is 9.57. The van der Waals surface area contributed by atoms with Crippen LogP contribution in [0.2, 0.25) is 0 Å². The third-order valence-corrected chi connectivity index (χ3v) is 2.75. The first-order valence-electron chi connectivity index (χ1n) is 5.69. The molecular weight excluding hydrogens is 202 g/mol. The minimum Gasteiger partial charge on any atom is -0.310 e. The highest BCUT2D eigenvalue weighted by atomic mass is 16.2. The summed E-state index contributed by atoms with van der Waals surface area (Å²) in [5.41, 5.74) is 1.10. The fraction of sp³-hybridized carbons (Fsp3) is 0.500. The van der Waals surface area contributed by atoms with Gasteiger partial charge in [0.25, 0.3) is 0 Å². The number of likely N-dealkylation sites (tertiary alicyclic amines) is 1. The van der Waals surface area contributed by atoms with Crippen LogP contribution in [0, 0.1) is 6.92 Å². The van der Waals surface area contributed by atoms with Crippen LogP contribution in [0.25, 0.3) is 0 Å². The third kappa shape index (κ3) is 3.03. The van der Waals surface area contributed by atoms with Crippen LogP contribution in [0.15, 0.2) is 18.3 Å². The highest BCUT2D eigenvalue weighted by molar-refractivity contribution is 5.91. The largest absolute Gasteiger partial charge is 0.310 e. The van der Waals surface area contributed by atoms with Gasteiger partial charge in [-0.25, -0.2) is 4.98 Å². The van der Waals surface area contributed by atoms with Gasteiger partial charge in [-0.1, -0.05) is 0 Å². The number of hydrogen-bond donors (Lipinski definition) is 1. The van der Waals surface area contributed by atoms with E-state index in [1.165, 1.54) is 12.8 Å². The molecule has 0 aliphatic carbocycles. The molecule has 0 unspecified atom stereocenters. The number of pyridine rings is 1. The molecule has 1 amide bonds. The van der Waals surface area contributed by atoms with E-state index < -0.39 is 0 Å². The number of nitrogens with zero attached hydrogens (tertiary/aromatic N) is 2. The molecule has 0 atom stereocenters. The molecule has 0 spiro atoms. The number of carbonyl (C=O) groups excluding carboxylic acids is 1. The van der Waals surface area contributed by atoms with Gasteiger partial charge in [0, 0.05) is 6.20 Å². The predicted molar refractivity (Wildman–Crippen MR) is 63.3 cm³/mol. The lowest BCUT2D eigenvalue weighted by Crippen LogP contribution is -2.31. The summed E-state index contributed by atoms with van der Waals surface area (Å²) < 4.78 is 0. The summed E-state index contributed by atoms with van der Waals surface area (Å²) in [4.78, 5) is 18.0. The maximum atomic E-state index is 11.7. The topological polar surface area (TPSA) is 45.2 Å². The second-order valence-corrected chi connectivity index (χ2v) is 4.25. The van der Waals surface area contributed by atoms with Crippen molar-refractivity contribution >= 4 is 11.7 Å². The fourth-order valence-electron chi connectivity index (χ4n) is 1.93. The Bertz CT molecular complexity index is 372. The Hall–Kier alpha value is -1.42. The number of rotatable bonds is 3. The molecule has 86 valence electrons. The van der Waals surface area contributed by atoms with Crippen LogP contribution in [0.5, 0.6) is 0 Å². The molecule has 1 aliphatic rings. The van der Waals surface area contributed by atoms with Gasteiger partial charge in [-0.15, -0.1) is 0 Å². The van der Waals surface area contributed by atoms with Crippen molar-refractivity contribution < 1.29 is 4.79 Å². The van der Waals surface area contributed by atoms with E-state index in [0.717, 1.165) is 18.7 Å². The van der Waals surface area contributed by atoms with Crippen molar-refractivity contribution in [3.63, 3.8) is 0 Å². The maximum Gasteiger partial charge on any atom is 0.239 e. The summed E-state index contributed by atoms with van der Waals surface area (Å²) >= 11 is 0. The van der Waals surface area contributed by atoms with Gasteiger partial charge in [0.05, 0.1) is 6.54 Å². The second kappa shape index (κ2) is 5.07. The Balaban J connectivity index is 1.86. The Morgan fingerprint density at radius 2 is 2.25 bits per heavy atom. The van der Waals surface area contributed by atoms with E-state index in [0.29, 0.717) is 12.4 Å². The molecule has 0 saturated carbocycles. The average molecular weight is 219 g/mol. The number of aryl methyl sites for hydroxylation is 1. The van der Waals surface area contributed by atoms with Gasteiger partial charge in [-0.05, 0) is 50.6 Å². The normalized spacial score (nSPS) is 16.3. The summed E-state index contributed by atoms with van der Waals surface area (Å²) in [5, 5.41) is 2.82. The molecule has 1 aromatic rings. The van der Waals surface area contributed by atoms with Crippen LogP contribution in [-0.2, 0) is 4.79 Å². The summed E-state index contributed by atoms with van der Waals surface area (Å²) in [6.45, 7) is 4.54. The minimum absolute atomic E-state index is 0.0278. The summed E-state index contributed by atoms with van der Waals surface area (Å²) in [5.74, 6) is 0.671. The number of carbonyl (C=O) groups is 1. The first kappa shape index (κ1) is 11.1. The van der Waals surface area contributed by atoms with Crippen LogP contribution in [-0.4, -0.2) is 35.4 Å². The number of aromatic nitrogens is 1. The van der Waals surface area contributed by atoms with Crippen molar-refractivity contribution in [1.82, 2.24) is 9.88 Å². The van der Waals surface area contributed by atoms with E-state index in [4.69, 9.17) is 0 Å².